The van der Waals surface area contributed by atoms with E-state index in [1.807, 2.05) is 0 Å². The SMILES string of the molecule is O=C(N=C1CC=CC=[N+]1Cc1ccc(Cl)nc1)C(F)(F)F. The van der Waals surface area contributed by atoms with Crippen molar-refractivity contribution in [2.45, 2.75) is 19.1 Å². The van der Waals surface area contributed by atoms with Crippen LogP contribution in [0, 0.1) is 0 Å². The number of hydrogen-bond donors (Lipinski definition) is 0. The molecule has 0 atom stereocenters. The van der Waals surface area contributed by atoms with Crippen LogP contribution in [0.5, 0.6) is 0 Å². The average molecular weight is 317 g/mol. The number of carbonyl (C=O) groups is 1. The van der Waals surface area contributed by atoms with Crippen LogP contribution in [0.2, 0.25) is 5.15 Å². The van der Waals surface area contributed by atoms with Crippen LogP contribution in [0.3, 0.4) is 0 Å². The Hall–Kier alpha value is -2.02. The van der Waals surface area contributed by atoms with E-state index in [0.29, 0.717) is 5.15 Å². The molecule has 0 saturated heterocycles. The van der Waals surface area contributed by atoms with E-state index >= 15 is 0 Å². The summed E-state index contributed by atoms with van der Waals surface area (Å²) in [4.78, 5) is 18.0. The number of carbonyl (C=O) groups excluding carboxylic acids is 1. The van der Waals surface area contributed by atoms with Crippen molar-refractivity contribution >= 4 is 29.6 Å². The van der Waals surface area contributed by atoms with E-state index in [1.54, 1.807) is 30.5 Å². The predicted octanol–water partition coefficient (Wildman–Crippen LogP) is 2.77. The number of aromatic nitrogens is 1. The van der Waals surface area contributed by atoms with Crippen LogP contribution in [0.1, 0.15) is 12.0 Å². The molecule has 2 heterocycles. The minimum Gasteiger partial charge on any atom is -0.244 e. The molecule has 8 heteroatoms. The third-order valence-corrected chi connectivity index (χ3v) is 2.87. The van der Waals surface area contributed by atoms with E-state index in [-0.39, 0.29) is 18.8 Å². The predicted molar refractivity (Wildman–Crippen MR) is 71.5 cm³/mol. The van der Waals surface area contributed by atoms with Gasteiger partial charge in [-0.05, 0) is 12.1 Å². The van der Waals surface area contributed by atoms with E-state index in [1.165, 1.54) is 10.8 Å². The largest absolute Gasteiger partial charge is 0.499 e. The average Bonchev–Trinajstić information content (AvgIpc) is 2.42. The van der Waals surface area contributed by atoms with Crippen molar-refractivity contribution < 1.29 is 22.5 Å². The smallest absolute Gasteiger partial charge is 0.244 e. The molecule has 1 aliphatic heterocycles. The summed E-state index contributed by atoms with van der Waals surface area (Å²) in [6.07, 6.45) is 1.55. The van der Waals surface area contributed by atoms with Crippen LogP contribution in [0.25, 0.3) is 0 Å². The van der Waals surface area contributed by atoms with Gasteiger partial charge in [-0.1, -0.05) is 23.7 Å². The molecule has 0 fully saturated rings. The summed E-state index contributed by atoms with van der Waals surface area (Å²) in [6.45, 7) is 0.248. The number of hydrogen-bond acceptors (Lipinski definition) is 2. The lowest BCUT2D eigenvalue weighted by Crippen LogP contribution is -2.28. The Balaban J connectivity index is 2.21. The van der Waals surface area contributed by atoms with Gasteiger partial charge in [-0.3, -0.25) is 0 Å². The molecule has 1 amide bonds. The molecule has 110 valence electrons. The van der Waals surface area contributed by atoms with Gasteiger partial charge in [0.25, 0.3) is 0 Å². The number of rotatable bonds is 2. The second-order valence-electron chi connectivity index (χ2n) is 4.23. The number of halogens is 4. The summed E-state index contributed by atoms with van der Waals surface area (Å²) >= 11 is 5.67. The third-order valence-electron chi connectivity index (χ3n) is 2.65. The Kier molecular flexibility index (Phi) is 4.52. The summed E-state index contributed by atoms with van der Waals surface area (Å²) in [5.74, 6) is -2.07. The minimum absolute atomic E-state index is 0.0368. The summed E-state index contributed by atoms with van der Waals surface area (Å²) in [5.41, 5.74) is 0.734. The van der Waals surface area contributed by atoms with Crippen LogP contribution >= 0.6 is 11.6 Å². The van der Waals surface area contributed by atoms with Crippen LogP contribution in [-0.4, -0.2) is 33.7 Å². The second-order valence-corrected chi connectivity index (χ2v) is 4.62. The molecular weight excluding hydrogens is 307 g/mol. The van der Waals surface area contributed by atoms with Gasteiger partial charge in [-0.25, -0.2) is 14.4 Å². The highest BCUT2D eigenvalue weighted by molar-refractivity contribution is 6.29. The normalized spacial score (nSPS) is 17.0. The molecule has 1 aliphatic rings. The molecule has 4 nitrogen and oxygen atoms in total. The Labute approximate surface area is 123 Å². The Morgan fingerprint density at radius 3 is 2.81 bits per heavy atom. The van der Waals surface area contributed by atoms with Gasteiger partial charge in [0.15, 0.2) is 0 Å². The lowest BCUT2D eigenvalue weighted by Gasteiger charge is -2.08. The molecule has 0 N–H and O–H groups in total. The fraction of sp³-hybridized carbons (Fsp3) is 0.231. The fourth-order valence-corrected chi connectivity index (χ4v) is 1.78. The zero-order chi connectivity index (χ0) is 15.5. The molecule has 0 bridgehead atoms. The Morgan fingerprint density at radius 2 is 2.19 bits per heavy atom. The first-order valence-corrected chi connectivity index (χ1v) is 6.30. The van der Waals surface area contributed by atoms with Crippen molar-refractivity contribution in [3.8, 4) is 0 Å². The zero-order valence-electron chi connectivity index (χ0n) is 10.6. The number of amidine groups is 1. The molecule has 0 saturated carbocycles. The molecule has 0 spiro atoms. The molecule has 2 rings (SSSR count). The Bertz CT molecular complexity index is 633. The van der Waals surface area contributed by atoms with Crippen molar-refractivity contribution in [1.82, 2.24) is 4.98 Å². The first-order valence-electron chi connectivity index (χ1n) is 5.92. The van der Waals surface area contributed by atoms with Crippen LogP contribution < -0.4 is 0 Å². The summed E-state index contributed by atoms with van der Waals surface area (Å²) in [7, 11) is 0. The van der Waals surface area contributed by atoms with Gasteiger partial charge in [0, 0.05) is 16.8 Å². The van der Waals surface area contributed by atoms with Crippen molar-refractivity contribution in [2.24, 2.45) is 4.99 Å². The van der Waals surface area contributed by atoms with Crippen molar-refractivity contribution in [3.63, 3.8) is 0 Å². The lowest BCUT2D eigenvalue weighted by molar-refractivity contribution is -0.423. The third kappa shape index (κ3) is 4.22. The maximum absolute atomic E-state index is 12.3. The monoisotopic (exact) mass is 316 g/mol. The van der Waals surface area contributed by atoms with E-state index in [4.69, 9.17) is 11.6 Å². The van der Waals surface area contributed by atoms with E-state index < -0.39 is 12.1 Å². The van der Waals surface area contributed by atoms with Gasteiger partial charge >= 0.3 is 17.9 Å². The maximum Gasteiger partial charge on any atom is 0.499 e. The summed E-state index contributed by atoms with van der Waals surface area (Å²) in [5, 5.41) is 0.322. The number of pyridine rings is 1. The molecular formula is C13H10ClF3N3O+. The topological polar surface area (TPSA) is 45.3 Å². The van der Waals surface area contributed by atoms with Gasteiger partial charge < -0.3 is 0 Å². The molecule has 21 heavy (non-hydrogen) atoms. The van der Waals surface area contributed by atoms with E-state index in [9.17, 15) is 18.0 Å². The van der Waals surface area contributed by atoms with Crippen LogP contribution in [0.4, 0.5) is 13.2 Å². The van der Waals surface area contributed by atoms with Crippen molar-refractivity contribution in [2.75, 3.05) is 0 Å². The zero-order valence-corrected chi connectivity index (χ0v) is 11.4. The molecule has 0 unspecified atom stereocenters. The maximum atomic E-state index is 12.3. The van der Waals surface area contributed by atoms with Gasteiger partial charge in [0.1, 0.15) is 11.7 Å². The Morgan fingerprint density at radius 1 is 1.43 bits per heavy atom. The minimum atomic E-state index is -4.97. The first-order chi connectivity index (χ1) is 9.86. The fourth-order valence-electron chi connectivity index (χ4n) is 1.67. The number of aliphatic imine (C=N–C) groups is 1. The van der Waals surface area contributed by atoms with E-state index in [0.717, 1.165) is 5.56 Å². The highest BCUT2D eigenvalue weighted by Gasteiger charge is 2.44. The molecule has 0 aromatic carbocycles. The summed E-state index contributed by atoms with van der Waals surface area (Å²) < 4.78 is 38.3. The quantitative estimate of drug-likeness (QED) is 0.622. The number of amides is 1. The number of nitrogens with zero attached hydrogens (tertiary/aromatic N) is 3. The molecule has 0 radical (unpaired) electrons. The molecule has 1 aromatic heterocycles. The molecule has 1 aromatic rings. The first kappa shape index (κ1) is 15.4. The van der Waals surface area contributed by atoms with Crippen molar-refractivity contribution in [3.05, 3.63) is 41.2 Å². The van der Waals surface area contributed by atoms with Crippen LogP contribution in [0.15, 0.2) is 35.5 Å². The molecule has 0 aliphatic carbocycles. The standard InChI is InChI=1S/C13H10ClF3N3O/c14-10-5-4-9(7-18-10)8-20-6-2-1-3-11(20)19-12(21)13(15,16)17/h1-2,4-7H,3,8H2/q+1. The van der Waals surface area contributed by atoms with Gasteiger partial charge in [-0.15, -0.1) is 0 Å². The lowest BCUT2D eigenvalue weighted by atomic mass is 10.2. The number of alkyl halides is 3. The van der Waals surface area contributed by atoms with Gasteiger partial charge in [0.05, 0.1) is 12.6 Å². The highest BCUT2D eigenvalue weighted by atomic mass is 35.5. The van der Waals surface area contributed by atoms with E-state index in [2.05, 4.69) is 9.98 Å². The van der Waals surface area contributed by atoms with Crippen LogP contribution in [-0.2, 0) is 11.3 Å². The van der Waals surface area contributed by atoms with Gasteiger partial charge in [-0.2, -0.15) is 13.2 Å². The van der Waals surface area contributed by atoms with Gasteiger partial charge in [0.2, 0.25) is 0 Å². The van der Waals surface area contributed by atoms with Crippen molar-refractivity contribution in [1.29, 1.82) is 0 Å². The summed E-state index contributed by atoms with van der Waals surface area (Å²) in [6, 6.07) is 3.28. The highest BCUT2D eigenvalue weighted by Crippen LogP contribution is 2.17. The second kappa shape index (κ2) is 6.17. The number of allylic oxidation sites excluding steroid dienone is 1.